The lowest BCUT2D eigenvalue weighted by Gasteiger charge is -2.23. The maximum Gasteiger partial charge on any atom is 0.150 e. The van der Waals surface area contributed by atoms with E-state index in [0.717, 1.165) is 30.5 Å². The van der Waals surface area contributed by atoms with Crippen molar-refractivity contribution in [3.63, 3.8) is 0 Å². The molecule has 0 aromatic heterocycles. The minimum atomic E-state index is -2.86. The van der Waals surface area contributed by atoms with Crippen molar-refractivity contribution in [2.75, 3.05) is 25.1 Å². The van der Waals surface area contributed by atoms with Gasteiger partial charge in [0.05, 0.1) is 11.5 Å². The highest BCUT2D eigenvalue weighted by atomic mass is 32.2. The Bertz CT molecular complexity index is 571. The number of sulfone groups is 1. The fraction of sp³-hybridized carbons (Fsp3) is 0.600. The van der Waals surface area contributed by atoms with E-state index in [9.17, 15) is 12.8 Å². The summed E-state index contributed by atoms with van der Waals surface area (Å²) in [6, 6.07) is 4.83. The molecule has 1 saturated heterocycles. The van der Waals surface area contributed by atoms with Crippen LogP contribution in [0.4, 0.5) is 4.39 Å². The second-order valence-corrected chi connectivity index (χ2v) is 7.98. The summed E-state index contributed by atoms with van der Waals surface area (Å²) in [5.41, 5.74) is 2.04. The molecule has 112 valence electrons. The normalized spacial score (nSPS) is 22.9. The van der Waals surface area contributed by atoms with E-state index in [2.05, 4.69) is 5.32 Å². The van der Waals surface area contributed by atoms with Crippen molar-refractivity contribution in [2.24, 2.45) is 11.8 Å². The molecule has 2 atom stereocenters. The van der Waals surface area contributed by atoms with Crippen LogP contribution in [0.25, 0.3) is 0 Å². The van der Waals surface area contributed by atoms with Crippen molar-refractivity contribution in [3.05, 3.63) is 35.1 Å². The predicted molar refractivity (Wildman–Crippen MR) is 79.0 cm³/mol. The number of hydrogen-bond donors (Lipinski definition) is 1. The number of hydrogen-bond acceptors (Lipinski definition) is 3. The van der Waals surface area contributed by atoms with Crippen molar-refractivity contribution in [3.8, 4) is 0 Å². The molecule has 0 spiro atoms. The first-order chi connectivity index (χ1) is 9.41. The van der Waals surface area contributed by atoms with Crippen LogP contribution in [0.1, 0.15) is 17.5 Å². The number of benzene rings is 1. The van der Waals surface area contributed by atoms with Gasteiger partial charge in [0.25, 0.3) is 0 Å². The highest BCUT2D eigenvalue weighted by Gasteiger charge is 2.33. The number of rotatable bonds is 5. The third-order valence-corrected chi connectivity index (χ3v) is 5.98. The maximum atomic E-state index is 13.1. The van der Waals surface area contributed by atoms with Crippen LogP contribution in [0.2, 0.25) is 0 Å². The van der Waals surface area contributed by atoms with Gasteiger partial charge in [-0.25, -0.2) is 12.8 Å². The first-order valence-electron chi connectivity index (χ1n) is 7.01. The van der Waals surface area contributed by atoms with E-state index in [1.54, 1.807) is 0 Å². The average molecular weight is 299 g/mol. The fourth-order valence-corrected chi connectivity index (χ4v) is 4.95. The zero-order chi connectivity index (χ0) is 14.8. The Hall–Kier alpha value is -0.940. The van der Waals surface area contributed by atoms with Crippen LogP contribution >= 0.6 is 0 Å². The van der Waals surface area contributed by atoms with Gasteiger partial charge >= 0.3 is 0 Å². The summed E-state index contributed by atoms with van der Waals surface area (Å²) in [4.78, 5) is 0. The van der Waals surface area contributed by atoms with Gasteiger partial charge < -0.3 is 5.32 Å². The van der Waals surface area contributed by atoms with Crippen LogP contribution in [-0.2, 0) is 16.3 Å². The Morgan fingerprint density at radius 2 is 2.20 bits per heavy atom. The molecule has 2 unspecified atom stereocenters. The molecule has 0 saturated carbocycles. The summed E-state index contributed by atoms with van der Waals surface area (Å²) < 4.78 is 36.4. The Kier molecular flexibility index (Phi) is 4.81. The average Bonchev–Trinajstić information content (AvgIpc) is 2.72. The monoisotopic (exact) mass is 299 g/mol. The predicted octanol–water partition coefficient (Wildman–Crippen LogP) is 1.95. The molecule has 0 radical (unpaired) electrons. The number of nitrogens with one attached hydrogen (secondary N) is 1. The smallest absolute Gasteiger partial charge is 0.150 e. The summed E-state index contributed by atoms with van der Waals surface area (Å²) in [7, 11) is -0.973. The second-order valence-electron chi connectivity index (χ2n) is 5.76. The maximum absolute atomic E-state index is 13.1. The van der Waals surface area contributed by atoms with Crippen LogP contribution in [0.3, 0.4) is 0 Å². The Morgan fingerprint density at radius 3 is 2.75 bits per heavy atom. The van der Waals surface area contributed by atoms with E-state index >= 15 is 0 Å². The molecule has 0 aliphatic carbocycles. The summed E-state index contributed by atoms with van der Waals surface area (Å²) in [5.74, 6) is 0.859. The van der Waals surface area contributed by atoms with Crippen molar-refractivity contribution in [1.82, 2.24) is 5.32 Å². The molecule has 1 aromatic carbocycles. The molecule has 0 bridgehead atoms. The summed E-state index contributed by atoms with van der Waals surface area (Å²) >= 11 is 0. The Morgan fingerprint density at radius 1 is 1.45 bits per heavy atom. The summed E-state index contributed by atoms with van der Waals surface area (Å²) in [5, 5.41) is 3.15. The van der Waals surface area contributed by atoms with Crippen LogP contribution in [0, 0.1) is 24.6 Å². The van der Waals surface area contributed by atoms with Crippen LogP contribution in [-0.4, -0.2) is 33.5 Å². The minimum absolute atomic E-state index is 0.205. The molecule has 1 fully saturated rings. The molecule has 0 amide bonds. The molecule has 1 heterocycles. The Balaban J connectivity index is 2.13. The molecule has 1 aromatic rings. The largest absolute Gasteiger partial charge is 0.319 e. The topological polar surface area (TPSA) is 46.2 Å². The molecular formula is C15H22FNO2S. The molecule has 20 heavy (non-hydrogen) atoms. The van der Waals surface area contributed by atoms with Crippen LogP contribution < -0.4 is 5.32 Å². The molecular weight excluding hydrogens is 277 g/mol. The van der Waals surface area contributed by atoms with E-state index in [-0.39, 0.29) is 17.7 Å². The van der Waals surface area contributed by atoms with E-state index < -0.39 is 9.84 Å². The SMILES string of the molecule is CNCC(Cc1ccc(F)cc1C)C1CCS(=O)(=O)C1. The lowest BCUT2D eigenvalue weighted by molar-refractivity contribution is 0.351. The van der Waals surface area contributed by atoms with Crippen molar-refractivity contribution in [1.29, 1.82) is 0 Å². The zero-order valence-electron chi connectivity index (χ0n) is 12.0. The van der Waals surface area contributed by atoms with Gasteiger partial charge in [-0.2, -0.15) is 0 Å². The van der Waals surface area contributed by atoms with E-state index in [4.69, 9.17) is 0 Å². The summed E-state index contributed by atoms with van der Waals surface area (Å²) in [6.07, 6.45) is 1.54. The van der Waals surface area contributed by atoms with Crippen LogP contribution in [0.15, 0.2) is 18.2 Å². The Labute approximate surface area is 120 Å². The molecule has 3 nitrogen and oxygen atoms in total. The van der Waals surface area contributed by atoms with Crippen molar-refractivity contribution >= 4 is 9.84 Å². The van der Waals surface area contributed by atoms with Crippen molar-refractivity contribution < 1.29 is 12.8 Å². The molecule has 1 aliphatic heterocycles. The lowest BCUT2D eigenvalue weighted by Crippen LogP contribution is -2.29. The van der Waals surface area contributed by atoms with Gasteiger partial charge in [0.1, 0.15) is 5.82 Å². The van der Waals surface area contributed by atoms with Crippen LogP contribution in [0.5, 0.6) is 0 Å². The first kappa shape index (κ1) is 15.4. The quantitative estimate of drug-likeness (QED) is 0.904. The van der Waals surface area contributed by atoms with Gasteiger partial charge in [-0.3, -0.25) is 0 Å². The minimum Gasteiger partial charge on any atom is -0.319 e. The summed E-state index contributed by atoms with van der Waals surface area (Å²) in [6.45, 7) is 2.69. The lowest BCUT2D eigenvalue weighted by atomic mass is 9.85. The van der Waals surface area contributed by atoms with Gasteiger partial charge in [0.15, 0.2) is 9.84 Å². The van der Waals surface area contributed by atoms with Crippen molar-refractivity contribution in [2.45, 2.75) is 19.8 Å². The third-order valence-electron chi connectivity index (χ3n) is 4.19. The standard InChI is InChI=1S/C15H22FNO2S/c1-11-7-15(16)4-3-12(11)8-14(9-17-2)13-5-6-20(18,19)10-13/h3-4,7,13-14,17H,5-6,8-10H2,1-2H3. The highest BCUT2D eigenvalue weighted by Crippen LogP contribution is 2.29. The highest BCUT2D eigenvalue weighted by molar-refractivity contribution is 7.91. The second kappa shape index (κ2) is 6.22. The molecule has 2 rings (SSSR count). The molecule has 1 aliphatic rings. The van der Waals surface area contributed by atoms with Gasteiger partial charge in [0.2, 0.25) is 0 Å². The molecule has 5 heteroatoms. The van der Waals surface area contributed by atoms with E-state index in [0.29, 0.717) is 11.5 Å². The molecule has 1 N–H and O–H groups in total. The van der Waals surface area contributed by atoms with Gasteiger partial charge in [0, 0.05) is 0 Å². The number of aryl methyl sites for hydroxylation is 1. The first-order valence-corrected chi connectivity index (χ1v) is 8.83. The van der Waals surface area contributed by atoms with Gasteiger partial charge in [-0.05, 0) is 68.5 Å². The van der Waals surface area contributed by atoms with E-state index in [1.807, 2.05) is 20.0 Å². The van der Waals surface area contributed by atoms with E-state index in [1.165, 1.54) is 12.1 Å². The zero-order valence-corrected chi connectivity index (χ0v) is 12.8. The van der Waals surface area contributed by atoms with Gasteiger partial charge in [-0.1, -0.05) is 6.07 Å². The fourth-order valence-electron chi connectivity index (χ4n) is 3.03. The number of halogens is 1. The third kappa shape index (κ3) is 3.79. The van der Waals surface area contributed by atoms with Gasteiger partial charge in [-0.15, -0.1) is 0 Å².